The lowest BCUT2D eigenvalue weighted by atomic mass is 10.1. The molecule has 0 spiro atoms. The standard InChI is InChI=1S/C20H17ClN2O5/c1-12(13-5-4-6-14(21)9-13)22-17(24)11-28-18(25)10-23-19(26)15-7-2-3-8-16(15)20(23)27/h2-9,12H,10-11H2,1H3,(H,22,24)/t12-/m0/s1. The molecule has 0 saturated heterocycles. The number of nitrogens with zero attached hydrogens (tertiary/aromatic N) is 1. The van der Waals surface area contributed by atoms with Crippen molar-refractivity contribution in [1.82, 2.24) is 10.2 Å². The van der Waals surface area contributed by atoms with Crippen LogP contribution < -0.4 is 5.32 Å². The smallest absolute Gasteiger partial charge is 0.326 e. The number of fused-ring (bicyclic) bond motifs is 1. The zero-order chi connectivity index (χ0) is 20.3. The predicted molar refractivity (Wildman–Crippen MR) is 101 cm³/mol. The average Bonchev–Trinajstić information content (AvgIpc) is 2.91. The van der Waals surface area contributed by atoms with E-state index in [2.05, 4.69) is 5.32 Å². The Labute approximate surface area is 166 Å². The van der Waals surface area contributed by atoms with Gasteiger partial charge in [0.1, 0.15) is 6.54 Å². The number of carbonyl (C=O) groups is 4. The van der Waals surface area contributed by atoms with Gasteiger partial charge in [-0.1, -0.05) is 35.9 Å². The third kappa shape index (κ3) is 4.20. The molecule has 1 atom stereocenters. The van der Waals surface area contributed by atoms with Gasteiger partial charge < -0.3 is 10.1 Å². The average molecular weight is 401 g/mol. The maximum absolute atomic E-state index is 12.2. The molecule has 7 nitrogen and oxygen atoms in total. The van der Waals surface area contributed by atoms with Gasteiger partial charge in [0.25, 0.3) is 17.7 Å². The van der Waals surface area contributed by atoms with Crippen molar-refractivity contribution in [3.63, 3.8) is 0 Å². The zero-order valence-corrected chi connectivity index (χ0v) is 15.7. The third-order valence-corrected chi connectivity index (χ3v) is 4.49. The first-order valence-electron chi connectivity index (χ1n) is 8.52. The molecule has 3 amide bonds. The molecule has 0 unspecified atom stereocenters. The Morgan fingerprint density at radius 2 is 1.71 bits per heavy atom. The fraction of sp³-hybridized carbons (Fsp3) is 0.200. The number of ether oxygens (including phenoxy) is 1. The molecular weight excluding hydrogens is 384 g/mol. The van der Waals surface area contributed by atoms with Crippen molar-refractivity contribution in [2.24, 2.45) is 0 Å². The number of nitrogens with one attached hydrogen (secondary N) is 1. The molecule has 2 aromatic rings. The summed E-state index contributed by atoms with van der Waals surface area (Å²) in [6, 6.07) is 13.0. The number of esters is 1. The minimum Gasteiger partial charge on any atom is -0.454 e. The van der Waals surface area contributed by atoms with Crippen LogP contribution in [0.2, 0.25) is 5.02 Å². The largest absolute Gasteiger partial charge is 0.454 e. The summed E-state index contributed by atoms with van der Waals surface area (Å²) in [5, 5.41) is 3.23. The number of carbonyl (C=O) groups excluding carboxylic acids is 4. The van der Waals surface area contributed by atoms with Crippen LogP contribution in [0.1, 0.15) is 39.2 Å². The zero-order valence-electron chi connectivity index (χ0n) is 15.0. The molecule has 3 rings (SSSR count). The summed E-state index contributed by atoms with van der Waals surface area (Å²) in [7, 11) is 0. The van der Waals surface area contributed by atoms with Crippen LogP contribution >= 0.6 is 11.6 Å². The third-order valence-electron chi connectivity index (χ3n) is 4.26. The maximum Gasteiger partial charge on any atom is 0.326 e. The number of imide groups is 1. The van der Waals surface area contributed by atoms with E-state index in [1.165, 1.54) is 12.1 Å². The van der Waals surface area contributed by atoms with Crippen LogP contribution in [-0.4, -0.2) is 41.7 Å². The summed E-state index contributed by atoms with van der Waals surface area (Å²) >= 11 is 5.92. The lowest BCUT2D eigenvalue weighted by Crippen LogP contribution is -2.37. The maximum atomic E-state index is 12.2. The molecule has 1 N–H and O–H groups in total. The quantitative estimate of drug-likeness (QED) is 0.593. The molecule has 144 valence electrons. The summed E-state index contributed by atoms with van der Waals surface area (Å²) in [4.78, 5) is 49.2. The van der Waals surface area contributed by atoms with Crippen molar-refractivity contribution in [2.75, 3.05) is 13.2 Å². The second kappa shape index (κ2) is 8.22. The molecule has 1 aliphatic heterocycles. The minimum absolute atomic E-state index is 0.244. The van der Waals surface area contributed by atoms with E-state index >= 15 is 0 Å². The molecule has 0 fully saturated rings. The first-order chi connectivity index (χ1) is 13.4. The summed E-state index contributed by atoms with van der Waals surface area (Å²) in [6.45, 7) is 0.695. The van der Waals surface area contributed by atoms with Gasteiger partial charge in [-0.15, -0.1) is 0 Å². The number of hydrogen-bond donors (Lipinski definition) is 1. The topological polar surface area (TPSA) is 92.8 Å². The van der Waals surface area contributed by atoms with Crippen LogP contribution in [0.15, 0.2) is 48.5 Å². The monoisotopic (exact) mass is 400 g/mol. The van der Waals surface area contributed by atoms with E-state index in [1.807, 2.05) is 6.07 Å². The molecule has 0 radical (unpaired) electrons. The molecule has 0 saturated carbocycles. The highest BCUT2D eigenvalue weighted by atomic mass is 35.5. The molecule has 0 aromatic heterocycles. The lowest BCUT2D eigenvalue weighted by molar-refractivity contribution is -0.148. The van der Waals surface area contributed by atoms with Crippen LogP contribution in [0.4, 0.5) is 0 Å². The summed E-state index contributed by atoms with van der Waals surface area (Å²) in [5.41, 5.74) is 1.29. The van der Waals surface area contributed by atoms with Crippen molar-refractivity contribution >= 4 is 35.3 Å². The van der Waals surface area contributed by atoms with Gasteiger partial charge in [-0.3, -0.25) is 24.1 Å². The van der Waals surface area contributed by atoms with Gasteiger partial charge in [-0.25, -0.2) is 0 Å². The molecule has 2 aromatic carbocycles. The summed E-state index contributed by atoms with van der Waals surface area (Å²) < 4.78 is 4.90. The Bertz CT molecular complexity index is 924. The van der Waals surface area contributed by atoms with Crippen molar-refractivity contribution in [3.05, 3.63) is 70.2 Å². The fourth-order valence-corrected chi connectivity index (χ4v) is 3.04. The Morgan fingerprint density at radius 3 is 2.32 bits per heavy atom. The van der Waals surface area contributed by atoms with Crippen LogP contribution in [0.3, 0.4) is 0 Å². The summed E-state index contributed by atoms with van der Waals surface area (Å²) in [6.07, 6.45) is 0. The highest BCUT2D eigenvalue weighted by molar-refractivity contribution is 6.30. The minimum atomic E-state index is -0.847. The van der Waals surface area contributed by atoms with Gasteiger partial charge in [-0.2, -0.15) is 0 Å². The first-order valence-corrected chi connectivity index (χ1v) is 8.90. The second-order valence-corrected chi connectivity index (χ2v) is 6.68. The number of rotatable bonds is 6. The SMILES string of the molecule is C[C@H](NC(=O)COC(=O)CN1C(=O)c2ccccc2C1=O)c1cccc(Cl)c1. The molecular formula is C20H17ClN2O5. The van der Waals surface area contributed by atoms with Crippen LogP contribution in [-0.2, 0) is 14.3 Å². The van der Waals surface area contributed by atoms with Crippen molar-refractivity contribution in [3.8, 4) is 0 Å². The van der Waals surface area contributed by atoms with Gasteiger partial charge in [0.05, 0.1) is 17.2 Å². The Morgan fingerprint density at radius 1 is 1.07 bits per heavy atom. The first kappa shape index (κ1) is 19.6. The molecule has 0 aliphatic carbocycles. The highest BCUT2D eigenvalue weighted by Crippen LogP contribution is 2.22. The molecule has 0 bridgehead atoms. The number of hydrogen-bond acceptors (Lipinski definition) is 5. The second-order valence-electron chi connectivity index (χ2n) is 6.25. The Hall–Kier alpha value is -3.19. The van der Waals surface area contributed by atoms with Gasteiger partial charge in [-0.05, 0) is 36.8 Å². The van der Waals surface area contributed by atoms with Crippen LogP contribution in [0.5, 0.6) is 0 Å². The predicted octanol–water partition coefficient (Wildman–Crippen LogP) is 2.36. The van der Waals surface area contributed by atoms with Crippen molar-refractivity contribution < 1.29 is 23.9 Å². The molecule has 1 aliphatic rings. The number of halogens is 1. The molecule has 28 heavy (non-hydrogen) atoms. The van der Waals surface area contributed by atoms with Crippen LogP contribution in [0, 0.1) is 0 Å². The summed E-state index contributed by atoms with van der Waals surface area (Å²) in [5.74, 6) is -2.48. The van der Waals surface area contributed by atoms with E-state index in [1.54, 1.807) is 37.3 Å². The van der Waals surface area contributed by atoms with Crippen molar-refractivity contribution in [2.45, 2.75) is 13.0 Å². The lowest BCUT2D eigenvalue weighted by Gasteiger charge is -2.16. The number of benzene rings is 2. The molecule has 1 heterocycles. The highest BCUT2D eigenvalue weighted by Gasteiger charge is 2.36. The van der Waals surface area contributed by atoms with Crippen LogP contribution in [0.25, 0.3) is 0 Å². The Kier molecular flexibility index (Phi) is 5.75. The van der Waals surface area contributed by atoms with E-state index in [4.69, 9.17) is 16.3 Å². The fourth-order valence-electron chi connectivity index (χ4n) is 2.85. The molecule has 8 heteroatoms. The van der Waals surface area contributed by atoms with Gasteiger partial charge in [0.2, 0.25) is 0 Å². The van der Waals surface area contributed by atoms with E-state index in [0.717, 1.165) is 10.5 Å². The van der Waals surface area contributed by atoms with E-state index in [9.17, 15) is 19.2 Å². The van der Waals surface area contributed by atoms with E-state index in [-0.39, 0.29) is 17.2 Å². The van der Waals surface area contributed by atoms with Gasteiger partial charge >= 0.3 is 5.97 Å². The van der Waals surface area contributed by atoms with Crippen molar-refractivity contribution in [1.29, 1.82) is 0 Å². The number of amides is 3. The van der Waals surface area contributed by atoms with E-state index < -0.39 is 36.8 Å². The normalized spacial score (nSPS) is 13.9. The van der Waals surface area contributed by atoms with Gasteiger partial charge in [0, 0.05) is 5.02 Å². The van der Waals surface area contributed by atoms with Gasteiger partial charge in [0.15, 0.2) is 6.61 Å². The van der Waals surface area contributed by atoms with E-state index in [0.29, 0.717) is 5.02 Å². The Balaban J connectivity index is 1.50.